The van der Waals surface area contributed by atoms with Crippen LogP contribution in [0.25, 0.3) is 0 Å². The number of hydrogen-bond acceptors (Lipinski definition) is 10. The Morgan fingerprint density at radius 1 is 0.435 bits per heavy atom. The molecule has 4 rings (SSSR count). The van der Waals surface area contributed by atoms with Crippen molar-refractivity contribution in [3.63, 3.8) is 0 Å². The van der Waals surface area contributed by atoms with Gasteiger partial charge in [-0.3, -0.25) is 0 Å². The molecule has 238 valence electrons. The second-order valence-electron chi connectivity index (χ2n) is 9.96. The molecule has 10 heteroatoms. The van der Waals surface area contributed by atoms with Crippen LogP contribution in [0.15, 0.2) is 97.1 Å². The van der Waals surface area contributed by atoms with E-state index in [-0.39, 0.29) is 22.6 Å². The molecular formula is C36H34O10. The highest BCUT2D eigenvalue weighted by atomic mass is 16.6. The van der Waals surface area contributed by atoms with E-state index in [4.69, 9.17) is 28.4 Å². The van der Waals surface area contributed by atoms with Crippen molar-refractivity contribution in [2.45, 2.75) is 39.9 Å². The number of esters is 4. The van der Waals surface area contributed by atoms with Crippen LogP contribution in [0.4, 0.5) is 0 Å². The van der Waals surface area contributed by atoms with Crippen molar-refractivity contribution in [1.29, 1.82) is 0 Å². The smallest absolute Gasteiger partial charge is 0.343 e. The van der Waals surface area contributed by atoms with Gasteiger partial charge >= 0.3 is 23.9 Å². The van der Waals surface area contributed by atoms with E-state index in [0.717, 1.165) is 0 Å². The van der Waals surface area contributed by atoms with Crippen LogP contribution in [0.1, 0.15) is 69.1 Å². The molecule has 0 aliphatic rings. The van der Waals surface area contributed by atoms with Crippen molar-refractivity contribution >= 4 is 23.9 Å². The number of ether oxygens (including phenoxy) is 6. The van der Waals surface area contributed by atoms with Crippen LogP contribution in [0.5, 0.6) is 23.0 Å². The summed E-state index contributed by atoms with van der Waals surface area (Å²) < 4.78 is 32.5. The minimum Gasteiger partial charge on any atom is -0.494 e. The van der Waals surface area contributed by atoms with Gasteiger partial charge < -0.3 is 28.4 Å². The van der Waals surface area contributed by atoms with E-state index < -0.39 is 36.1 Å². The maximum atomic E-state index is 12.7. The highest BCUT2D eigenvalue weighted by Gasteiger charge is 2.23. The van der Waals surface area contributed by atoms with Crippen LogP contribution < -0.4 is 18.9 Å². The van der Waals surface area contributed by atoms with Crippen molar-refractivity contribution in [3.05, 3.63) is 119 Å². The Labute approximate surface area is 266 Å². The van der Waals surface area contributed by atoms with Crippen molar-refractivity contribution in [1.82, 2.24) is 0 Å². The van der Waals surface area contributed by atoms with E-state index in [2.05, 4.69) is 0 Å². The molecule has 0 aromatic heterocycles. The quantitative estimate of drug-likeness (QED) is 0.117. The minimum absolute atomic E-state index is 0.224. The van der Waals surface area contributed by atoms with E-state index >= 15 is 0 Å². The second kappa shape index (κ2) is 15.9. The highest BCUT2D eigenvalue weighted by molar-refractivity contribution is 5.93. The molecule has 0 saturated heterocycles. The molecule has 2 atom stereocenters. The molecule has 0 bridgehead atoms. The van der Waals surface area contributed by atoms with Crippen molar-refractivity contribution in [3.8, 4) is 23.0 Å². The molecule has 4 aromatic rings. The first-order chi connectivity index (χ1) is 22.2. The minimum atomic E-state index is -0.775. The summed E-state index contributed by atoms with van der Waals surface area (Å²) in [5.41, 5.74) is 1.15. The Morgan fingerprint density at radius 2 is 0.696 bits per heavy atom. The van der Waals surface area contributed by atoms with Crippen LogP contribution in [-0.2, 0) is 9.47 Å². The summed E-state index contributed by atoms with van der Waals surface area (Å²) in [6.07, 6.45) is -1.55. The fourth-order valence-corrected chi connectivity index (χ4v) is 4.02. The first kappa shape index (κ1) is 33.3. The molecule has 0 aliphatic carbocycles. The lowest BCUT2D eigenvalue weighted by Crippen LogP contribution is -2.30. The Morgan fingerprint density at radius 3 is 0.978 bits per heavy atom. The lowest BCUT2D eigenvalue weighted by atomic mass is 10.2. The third kappa shape index (κ3) is 9.18. The molecule has 0 spiro atoms. The van der Waals surface area contributed by atoms with Gasteiger partial charge in [0, 0.05) is 0 Å². The van der Waals surface area contributed by atoms with Gasteiger partial charge in [-0.1, -0.05) is 0 Å². The largest absolute Gasteiger partial charge is 0.494 e. The van der Waals surface area contributed by atoms with Gasteiger partial charge in [0.25, 0.3) is 0 Å². The monoisotopic (exact) mass is 626 g/mol. The molecule has 0 amide bonds. The average Bonchev–Trinajstić information content (AvgIpc) is 3.06. The van der Waals surface area contributed by atoms with Gasteiger partial charge in [-0.25, -0.2) is 19.2 Å². The molecule has 46 heavy (non-hydrogen) atoms. The predicted octanol–water partition coefficient (Wildman–Crippen LogP) is 6.71. The van der Waals surface area contributed by atoms with Crippen LogP contribution in [0.2, 0.25) is 0 Å². The Bertz CT molecular complexity index is 1500. The Balaban J connectivity index is 1.24. The lowest BCUT2D eigenvalue weighted by Gasteiger charge is -2.21. The maximum Gasteiger partial charge on any atom is 0.343 e. The number of carbonyl (C=O) groups excluding carboxylic acids is 4. The summed E-state index contributed by atoms with van der Waals surface area (Å²) in [7, 11) is 0. The zero-order valence-electron chi connectivity index (χ0n) is 25.9. The lowest BCUT2D eigenvalue weighted by molar-refractivity contribution is -0.0239. The third-order valence-corrected chi connectivity index (χ3v) is 6.65. The first-order valence-corrected chi connectivity index (χ1v) is 14.7. The van der Waals surface area contributed by atoms with Crippen LogP contribution >= 0.6 is 0 Å². The highest BCUT2D eigenvalue weighted by Crippen LogP contribution is 2.20. The van der Waals surface area contributed by atoms with Crippen molar-refractivity contribution in [2.75, 3.05) is 13.2 Å². The second-order valence-corrected chi connectivity index (χ2v) is 9.96. The summed E-state index contributed by atoms with van der Waals surface area (Å²) in [5, 5.41) is 0. The first-order valence-electron chi connectivity index (χ1n) is 14.7. The topological polar surface area (TPSA) is 124 Å². The summed E-state index contributed by atoms with van der Waals surface area (Å²) in [5.74, 6) is -0.585. The van der Waals surface area contributed by atoms with Gasteiger partial charge in [0.1, 0.15) is 35.2 Å². The number of hydrogen-bond donors (Lipinski definition) is 0. The predicted molar refractivity (Wildman–Crippen MR) is 168 cm³/mol. The van der Waals surface area contributed by atoms with Crippen LogP contribution in [0, 0.1) is 0 Å². The average molecular weight is 627 g/mol. The van der Waals surface area contributed by atoms with Crippen LogP contribution in [-0.4, -0.2) is 49.3 Å². The molecule has 0 saturated carbocycles. The standard InChI is InChI=1S/C36H34O10/c1-5-41-29-15-7-27(8-16-29)35(39)45-31-19-11-25(12-20-31)33(37)43-23(3)24(4)44-34(38)26-13-21-32(22-14-26)46-36(40)28-9-17-30(18-10-28)42-6-2/h7-24H,5-6H2,1-4H3. The molecule has 0 fully saturated rings. The fraction of sp³-hybridized carbons (Fsp3) is 0.222. The molecule has 10 nitrogen and oxygen atoms in total. The molecule has 0 radical (unpaired) electrons. The number of benzene rings is 4. The number of carbonyl (C=O) groups is 4. The van der Waals surface area contributed by atoms with Gasteiger partial charge in [0.2, 0.25) is 0 Å². The van der Waals surface area contributed by atoms with E-state index in [1.54, 1.807) is 62.4 Å². The molecular weight excluding hydrogens is 592 g/mol. The maximum absolute atomic E-state index is 12.7. The third-order valence-electron chi connectivity index (χ3n) is 6.65. The van der Waals surface area contributed by atoms with E-state index in [1.165, 1.54) is 48.5 Å². The van der Waals surface area contributed by atoms with Gasteiger partial charge in [0.05, 0.1) is 35.5 Å². The van der Waals surface area contributed by atoms with Gasteiger partial charge in [-0.15, -0.1) is 0 Å². The molecule has 0 aliphatic heterocycles. The van der Waals surface area contributed by atoms with Gasteiger partial charge in [0.15, 0.2) is 0 Å². The summed E-state index contributed by atoms with van der Waals surface area (Å²) >= 11 is 0. The summed E-state index contributed by atoms with van der Waals surface area (Å²) in [6, 6.07) is 24.9. The molecule has 0 heterocycles. The van der Waals surface area contributed by atoms with Crippen LogP contribution in [0.3, 0.4) is 0 Å². The SMILES string of the molecule is CCOc1ccc(C(=O)Oc2ccc(C(=O)OC(C)C(C)OC(=O)c3ccc(OC(=O)c4ccc(OCC)cc4)cc3)cc2)cc1. The van der Waals surface area contributed by atoms with E-state index in [0.29, 0.717) is 35.8 Å². The Hall–Kier alpha value is -5.64. The van der Waals surface area contributed by atoms with Crippen molar-refractivity contribution < 1.29 is 47.6 Å². The molecule has 0 N–H and O–H groups in total. The van der Waals surface area contributed by atoms with E-state index in [1.807, 2.05) is 13.8 Å². The fourth-order valence-electron chi connectivity index (χ4n) is 4.02. The van der Waals surface area contributed by atoms with Gasteiger partial charge in [-0.05, 0) is 125 Å². The summed E-state index contributed by atoms with van der Waals surface area (Å²) in [4.78, 5) is 50.3. The molecule has 2 unspecified atom stereocenters. The Kier molecular flexibility index (Phi) is 11.5. The van der Waals surface area contributed by atoms with E-state index in [9.17, 15) is 19.2 Å². The zero-order chi connectivity index (χ0) is 33.1. The zero-order valence-corrected chi connectivity index (χ0v) is 25.9. The normalized spacial score (nSPS) is 11.8. The number of rotatable bonds is 13. The van der Waals surface area contributed by atoms with Crippen molar-refractivity contribution in [2.24, 2.45) is 0 Å². The molecule has 4 aromatic carbocycles. The van der Waals surface area contributed by atoms with Gasteiger partial charge in [-0.2, -0.15) is 0 Å². The summed E-state index contributed by atoms with van der Waals surface area (Å²) in [6.45, 7) is 7.98.